The van der Waals surface area contributed by atoms with E-state index in [9.17, 15) is 4.79 Å². The van der Waals surface area contributed by atoms with Crippen molar-refractivity contribution in [1.82, 2.24) is 9.88 Å². The Hall–Kier alpha value is -1.10. The summed E-state index contributed by atoms with van der Waals surface area (Å²) in [6.07, 6.45) is 8.72. The second-order valence-corrected chi connectivity index (χ2v) is 7.41. The van der Waals surface area contributed by atoms with E-state index in [0.29, 0.717) is 18.6 Å². The number of thiazole rings is 1. The highest BCUT2D eigenvalue weighted by Crippen LogP contribution is 2.33. The largest absolute Gasteiger partial charge is 0.345 e. The van der Waals surface area contributed by atoms with Crippen molar-refractivity contribution in [2.75, 3.05) is 11.4 Å². The van der Waals surface area contributed by atoms with Gasteiger partial charge in [0.2, 0.25) is 5.91 Å². The molecule has 1 aromatic rings. The fourth-order valence-electron chi connectivity index (χ4n) is 3.50. The van der Waals surface area contributed by atoms with E-state index in [1.807, 2.05) is 4.90 Å². The Morgan fingerprint density at radius 1 is 1.23 bits per heavy atom. The van der Waals surface area contributed by atoms with E-state index in [0.717, 1.165) is 30.2 Å². The summed E-state index contributed by atoms with van der Waals surface area (Å²) in [5.74, 6) is 0.191. The van der Waals surface area contributed by atoms with Crippen LogP contribution in [0.25, 0.3) is 0 Å². The molecule has 4 nitrogen and oxygen atoms in total. The summed E-state index contributed by atoms with van der Waals surface area (Å²) in [6, 6.07) is 1.12. The maximum atomic E-state index is 12.1. The van der Waals surface area contributed by atoms with E-state index < -0.39 is 0 Å². The van der Waals surface area contributed by atoms with E-state index in [2.05, 4.69) is 17.2 Å². The molecule has 0 bridgehead atoms. The Morgan fingerprint density at radius 2 is 1.95 bits per heavy atom. The van der Waals surface area contributed by atoms with Crippen molar-refractivity contribution in [3.63, 3.8) is 0 Å². The summed E-state index contributed by atoms with van der Waals surface area (Å²) in [4.78, 5) is 21.3. The Labute approximate surface area is 137 Å². The summed E-state index contributed by atoms with van der Waals surface area (Å²) in [5.41, 5.74) is 1.06. The van der Waals surface area contributed by atoms with Crippen molar-refractivity contribution in [3.05, 3.63) is 11.1 Å². The van der Waals surface area contributed by atoms with E-state index in [1.165, 1.54) is 32.1 Å². The van der Waals surface area contributed by atoms with Crippen LogP contribution in [0.3, 0.4) is 0 Å². The zero-order chi connectivity index (χ0) is 15.5. The number of anilines is 1. The molecule has 0 saturated heterocycles. The van der Waals surface area contributed by atoms with Gasteiger partial charge in [-0.15, -0.1) is 11.3 Å². The molecule has 2 fully saturated rings. The first-order chi connectivity index (χ1) is 10.7. The first-order valence-corrected chi connectivity index (χ1v) is 9.55. The second-order valence-electron chi connectivity index (χ2n) is 6.58. The molecule has 2 aliphatic rings. The van der Waals surface area contributed by atoms with Gasteiger partial charge in [0, 0.05) is 30.9 Å². The van der Waals surface area contributed by atoms with Crippen LogP contribution >= 0.6 is 11.3 Å². The van der Waals surface area contributed by atoms with Gasteiger partial charge in [0.05, 0.1) is 12.2 Å². The zero-order valence-electron chi connectivity index (χ0n) is 13.8. The van der Waals surface area contributed by atoms with Crippen molar-refractivity contribution in [1.29, 1.82) is 0 Å². The van der Waals surface area contributed by atoms with Crippen LogP contribution in [0.15, 0.2) is 5.38 Å². The summed E-state index contributed by atoms with van der Waals surface area (Å²) in [5, 5.41) is 3.27. The summed E-state index contributed by atoms with van der Waals surface area (Å²) < 4.78 is 0. The number of amides is 1. The van der Waals surface area contributed by atoms with Gasteiger partial charge in [-0.1, -0.05) is 19.3 Å². The van der Waals surface area contributed by atoms with E-state index in [1.54, 1.807) is 18.3 Å². The average molecular weight is 321 g/mol. The maximum absolute atomic E-state index is 12.1. The highest BCUT2D eigenvalue weighted by Gasteiger charge is 2.30. The molecule has 0 unspecified atom stereocenters. The monoisotopic (exact) mass is 321 g/mol. The van der Waals surface area contributed by atoms with Gasteiger partial charge >= 0.3 is 0 Å². The lowest BCUT2D eigenvalue weighted by Crippen LogP contribution is -2.39. The van der Waals surface area contributed by atoms with Crippen LogP contribution < -0.4 is 4.90 Å². The van der Waals surface area contributed by atoms with Crippen molar-refractivity contribution in [2.45, 2.75) is 77.4 Å². The molecule has 2 aliphatic carbocycles. The van der Waals surface area contributed by atoms with Gasteiger partial charge in [0.25, 0.3) is 0 Å². The smallest absolute Gasteiger partial charge is 0.220 e. The van der Waals surface area contributed by atoms with Gasteiger partial charge in [-0.05, 0) is 32.6 Å². The number of hydrogen-bond acceptors (Lipinski definition) is 4. The minimum Gasteiger partial charge on any atom is -0.345 e. The van der Waals surface area contributed by atoms with Gasteiger partial charge in [0.15, 0.2) is 5.13 Å². The normalized spacial score (nSPS) is 19.2. The standard InChI is InChI=1S/C17H27N3OS/c1-3-19(16-9-10-16)17-18-14(12-22-17)11-20(13(2)21)15-7-5-4-6-8-15/h12,15-16H,3-11H2,1-2H3. The number of nitrogens with zero attached hydrogens (tertiary/aromatic N) is 3. The van der Waals surface area contributed by atoms with E-state index in [4.69, 9.17) is 4.98 Å². The third-order valence-electron chi connectivity index (χ3n) is 4.87. The minimum absolute atomic E-state index is 0.191. The highest BCUT2D eigenvalue weighted by atomic mass is 32.1. The molecule has 0 radical (unpaired) electrons. The predicted molar refractivity (Wildman–Crippen MR) is 91.3 cm³/mol. The SMILES string of the molecule is CCN(c1nc(CN(C(C)=O)C2CCCCC2)cs1)C1CC1. The fourth-order valence-corrected chi connectivity index (χ4v) is 4.45. The fraction of sp³-hybridized carbons (Fsp3) is 0.765. The molecule has 0 atom stereocenters. The third kappa shape index (κ3) is 3.62. The zero-order valence-corrected chi connectivity index (χ0v) is 14.6. The average Bonchev–Trinajstić information content (AvgIpc) is 3.25. The van der Waals surface area contributed by atoms with Crippen LogP contribution in [-0.4, -0.2) is 34.4 Å². The quantitative estimate of drug-likeness (QED) is 0.799. The first kappa shape index (κ1) is 15.8. The van der Waals surface area contributed by atoms with Gasteiger partial charge in [0.1, 0.15) is 0 Å². The number of carbonyl (C=O) groups is 1. The molecule has 1 heterocycles. The van der Waals surface area contributed by atoms with Gasteiger partial charge in [-0.25, -0.2) is 4.98 Å². The minimum atomic E-state index is 0.191. The van der Waals surface area contributed by atoms with Crippen molar-refractivity contribution in [2.24, 2.45) is 0 Å². The first-order valence-electron chi connectivity index (χ1n) is 8.67. The van der Waals surface area contributed by atoms with Crippen molar-refractivity contribution in [3.8, 4) is 0 Å². The number of hydrogen-bond donors (Lipinski definition) is 0. The molecular formula is C17H27N3OS. The number of rotatable bonds is 6. The molecule has 1 aromatic heterocycles. The molecular weight excluding hydrogens is 294 g/mol. The van der Waals surface area contributed by atoms with Crippen LogP contribution in [0.5, 0.6) is 0 Å². The Morgan fingerprint density at radius 3 is 2.55 bits per heavy atom. The summed E-state index contributed by atoms with van der Waals surface area (Å²) in [6.45, 7) is 5.60. The van der Waals surface area contributed by atoms with Gasteiger partial charge < -0.3 is 9.80 Å². The second kappa shape index (κ2) is 6.99. The van der Waals surface area contributed by atoms with Crippen LogP contribution in [-0.2, 0) is 11.3 Å². The molecule has 0 N–H and O–H groups in total. The number of carbonyl (C=O) groups excluding carboxylic acids is 1. The Balaban J connectivity index is 1.67. The van der Waals surface area contributed by atoms with Crippen molar-refractivity contribution >= 4 is 22.4 Å². The lowest BCUT2D eigenvalue weighted by atomic mass is 9.94. The Kier molecular flexibility index (Phi) is 5.01. The van der Waals surface area contributed by atoms with Crippen molar-refractivity contribution < 1.29 is 4.79 Å². The van der Waals surface area contributed by atoms with Crippen LogP contribution in [0.1, 0.15) is 64.5 Å². The molecule has 22 heavy (non-hydrogen) atoms. The number of aromatic nitrogens is 1. The van der Waals surface area contributed by atoms with Crippen LogP contribution in [0.4, 0.5) is 5.13 Å². The lowest BCUT2D eigenvalue weighted by molar-refractivity contribution is -0.132. The summed E-state index contributed by atoms with van der Waals surface area (Å²) >= 11 is 1.73. The van der Waals surface area contributed by atoms with Crippen LogP contribution in [0, 0.1) is 0 Å². The third-order valence-corrected chi connectivity index (χ3v) is 5.79. The molecule has 122 valence electrons. The molecule has 0 aliphatic heterocycles. The molecule has 0 aromatic carbocycles. The van der Waals surface area contributed by atoms with Gasteiger partial charge in [-0.2, -0.15) is 0 Å². The van der Waals surface area contributed by atoms with Crippen LogP contribution in [0.2, 0.25) is 0 Å². The molecule has 5 heteroatoms. The molecule has 1 amide bonds. The predicted octanol–water partition coefficient (Wildman–Crippen LogP) is 3.81. The lowest BCUT2D eigenvalue weighted by Gasteiger charge is -2.33. The Bertz CT molecular complexity index is 506. The summed E-state index contributed by atoms with van der Waals surface area (Å²) in [7, 11) is 0. The topological polar surface area (TPSA) is 36.4 Å². The highest BCUT2D eigenvalue weighted by molar-refractivity contribution is 7.13. The van der Waals surface area contributed by atoms with E-state index >= 15 is 0 Å². The molecule has 2 saturated carbocycles. The van der Waals surface area contributed by atoms with E-state index in [-0.39, 0.29) is 5.91 Å². The molecule has 3 rings (SSSR count). The van der Waals surface area contributed by atoms with Gasteiger partial charge in [-0.3, -0.25) is 4.79 Å². The maximum Gasteiger partial charge on any atom is 0.220 e. The molecule has 0 spiro atoms.